The van der Waals surface area contributed by atoms with E-state index in [1.165, 1.54) is 0 Å². The first-order valence-electron chi connectivity index (χ1n) is 6.18. The Morgan fingerprint density at radius 1 is 1.15 bits per heavy atom. The molecule has 0 saturated heterocycles. The van der Waals surface area contributed by atoms with E-state index in [1.807, 2.05) is 43.3 Å². The van der Waals surface area contributed by atoms with Crippen LogP contribution in [-0.4, -0.2) is 5.11 Å². The van der Waals surface area contributed by atoms with Crippen LogP contribution >= 0.6 is 34.2 Å². The molecule has 1 aromatic heterocycles. The van der Waals surface area contributed by atoms with E-state index in [0.29, 0.717) is 10.8 Å². The van der Waals surface area contributed by atoms with Crippen molar-refractivity contribution in [2.45, 2.75) is 13.0 Å². The summed E-state index contributed by atoms with van der Waals surface area (Å²) < 4.78 is 6.67. The third kappa shape index (κ3) is 2.57. The lowest BCUT2D eigenvalue weighted by molar-refractivity contribution is 0.192. The molecule has 0 aliphatic heterocycles. The molecule has 0 aliphatic rings. The summed E-state index contributed by atoms with van der Waals surface area (Å²) in [6.07, 6.45) is -0.808. The van der Waals surface area contributed by atoms with Gasteiger partial charge in [0, 0.05) is 8.96 Å². The highest BCUT2D eigenvalue weighted by atomic mass is 127. The van der Waals surface area contributed by atoms with Crippen LogP contribution in [0.1, 0.15) is 23.0 Å². The molecule has 2 aromatic carbocycles. The van der Waals surface area contributed by atoms with Crippen LogP contribution in [0.3, 0.4) is 0 Å². The third-order valence-corrected chi connectivity index (χ3v) is 4.79. The molecule has 0 fully saturated rings. The number of benzene rings is 2. The van der Waals surface area contributed by atoms with Gasteiger partial charge in [0.05, 0.1) is 5.02 Å². The smallest absolute Gasteiger partial charge is 0.138 e. The summed E-state index contributed by atoms with van der Waals surface area (Å²) in [4.78, 5) is 0. The Morgan fingerprint density at radius 2 is 1.95 bits per heavy atom. The summed E-state index contributed by atoms with van der Waals surface area (Å²) in [6.45, 7) is 2.03. The summed E-state index contributed by atoms with van der Waals surface area (Å²) >= 11 is 8.25. The lowest BCUT2D eigenvalue weighted by Crippen LogP contribution is -1.98. The van der Waals surface area contributed by atoms with Gasteiger partial charge in [-0.1, -0.05) is 29.3 Å². The highest BCUT2D eigenvalue weighted by Gasteiger charge is 2.16. The van der Waals surface area contributed by atoms with Gasteiger partial charge in [-0.2, -0.15) is 0 Å². The minimum Gasteiger partial charge on any atom is -0.458 e. The molecular formula is C16H12ClIO2. The van der Waals surface area contributed by atoms with Crippen molar-refractivity contribution in [2.75, 3.05) is 0 Å². The van der Waals surface area contributed by atoms with E-state index in [2.05, 4.69) is 22.6 Å². The van der Waals surface area contributed by atoms with Gasteiger partial charge in [-0.25, -0.2) is 0 Å². The number of aliphatic hydroxyl groups excluding tert-OH is 1. The lowest BCUT2D eigenvalue weighted by Gasteiger charge is -2.08. The quantitative estimate of drug-likeness (QED) is 0.611. The Balaban J connectivity index is 2.02. The Hall–Kier alpha value is -1.04. The third-order valence-electron chi connectivity index (χ3n) is 3.22. The molecule has 20 heavy (non-hydrogen) atoms. The first kappa shape index (κ1) is 13.9. The van der Waals surface area contributed by atoms with Crippen LogP contribution < -0.4 is 0 Å². The fraction of sp³-hybridized carbons (Fsp3) is 0.125. The van der Waals surface area contributed by atoms with Crippen LogP contribution in [-0.2, 0) is 0 Å². The fourth-order valence-corrected chi connectivity index (χ4v) is 2.69. The van der Waals surface area contributed by atoms with Crippen LogP contribution in [0, 0.1) is 10.5 Å². The molecular weight excluding hydrogens is 387 g/mol. The molecule has 102 valence electrons. The van der Waals surface area contributed by atoms with E-state index in [0.717, 1.165) is 25.7 Å². The highest BCUT2D eigenvalue weighted by molar-refractivity contribution is 14.1. The molecule has 1 atom stereocenters. The molecule has 0 aliphatic carbocycles. The number of hydrogen-bond donors (Lipinski definition) is 1. The van der Waals surface area contributed by atoms with E-state index in [9.17, 15) is 5.11 Å². The molecule has 0 saturated carbocycles. The van der Waals surface area contributed by atoms with Crippen LogP contribution in [0.25, 0.3) is 11.0 Å². The average Bonchev–Trinajstić information content (AvgIpc) is 2.84. The number of hydrogen-bond acceptors (Lipinski definition) is 2. The van der Waals surface area contributed by atoms with E-state index < -0.39 is 6.10 Å². The average molecular weight is 399 g/mol. The highest BCUT2D eigenvalue weighted by Crippen LogP contribution is 2.31. The summed E-state index contributed by atoms with van der Waals surface area (Å²) in [7, 11) is 0. The van der Waals surface area contributed by atoms with Crippen LogP contribution in [0.2, 0.25) is 5.02 Å². The number of aliphatic hydroxyl groups is 1. The molecule has 0 spiro atoms. The second kappa shape index (κ2) is 5.39. The Kier molecular flexibility index (Phi) is 3.75. The monoisotopic (exact) mass is 398 g/mol. The van der Waals surface area contributed by atoms with Gasteiger partial charge < -0.3 is 9.52 Å². The first-order chi connectivity index (χ1) is 9.54. The standard InChI is InChI=1S/C16H12ClIO2/c1-9-2-5-14-11(6-9)8-15(20-14)16(19)10-3-4-13(18)12(17)7-10/h2-8,16,19H,1H3. The molecule has 1 unspecified atom stereocenters. The van der Waals surface area contributed by atoms with Gasteiger partial charge in [-0.15, -0.1) is 0 Å². The molecule has 2 nitrogen and oxygen atoms in total. The van der Waals surface area contributed by atoms with Gasteiger partial charge in [0.1, 0.15) is 17.4 Å². The number of furan rings is 1. The van der Waals surface area contributed by atoms with Crippen LogP contribution in [0.4, 0.5) is 0 Å². The zero-order valence-corrected chi connectivity index (χ0v) is 13.6. The first-order valence-corrected chi connectivity index (χ1v) is 7.63. The zero-order valence-electron chi connectivity index (χ0n) is 10.7. The number of halogens is 2. The normalized spacial score (nSPS) is 12.8. The maximum atomic E-state index is 10.4. The fourth-order valence-electron chi connectivity index (χ4n) is 2.16. The van der Waals surface area contributed by atoms with Crippen molar-refractivity contribution < 1.29 is 9.52 Å². The SMILES string of the molecule is Cc1ccc2oc(C(O)c3ccc(I)c(Cl)c3)cc2c1. The van der Waals surface area contributed by atoms with E-state index in [1.54, 1.807) is 6.07 Å². The van der Waals surface area contributed by atoms with E-state index in [4.69, 9.17) is 16.0 Å². The summed E-state index contributed by atoms with van der Waals surface area (Å²) in [5.41, 5.74) is 2.67. The summed E-state index contributed by atoms with van der Waals surface area (Å²) in [6, 6.07) is 13.3. The molecule has 1 heterocycles. The number of fused-ring (bicyclic) bond motifs is 1. The van der Waals surface area contributed by atoms with Crippen LogP contribution in [0.5, 0.6) is 0 Å². The summed E-state index contributed by atoms with van der Waals surface area (Å²) in [5, 5.41) is 12.1. The van der Waals surface area contributed by atoms with Crippen molar-refractivity contribution in [3.05, 3.63) is 67.9 Å². The van der Waals surface area contributed by atoms with Gasteiger partial charge in [0.2, 0.25) is 0 Å². The van der Waals surface area contributed by atoms with Crippen molar-refractivity contribution in [1.29, 1.82) is 0 Å². The minimum atomic E-state index is -0.808. The zero-order chi connectivity index (χ0) is 14.3. The molecule has 1 N–H and O–H groups in total. The second-order valence-corrected chi connectivity index (χ2v) is 6.34. The van der Waals surface area contributed by atoms with Gasteiger partial charge in [0.25, 0.3) is 0 Å². The molecule has 4 heteroatoms. The molecule has 0 amide bonds. The van der Waals surface area contributed by atoms with Gasteiger partial charge in [-0.3, -0.25) is 0 Å². The maximum absolute atomic E-state index is 10.4. The van der Waals surface area contributed by atoms with Gasteiger partial charge in [-0.05, 0) is 65.4 Å². The molecule has 0 radical (unpaired) electrons. The van der Waals surface area contributed by atoms with Crippen molar-refractivity contribution in [3.63, 3.8) is 0 Å². The van der Waals surface area contributed by atoms with Crippen molar-refractivity contribution in [3.8, 4) is 0 Å². The predicted octanol–water partition coefficient (Wildman–Crippen LogP) is 5.08. The molecule has 0 bridgehead atoms. The molecule has 3 rings (SSSR count). The molecule has 3 aromatic rings. The van der Waals surface area contributed by atoms with Crippen molar-refractivity contribution >= 4 is 45.2 Å². The Labute approximate surface area is 135 Å². The predicted molar refractivity (Wildman–Crippen MR) is 89.2 cm³/mol. The Bertz CT molecular complexity index is 779. The minimum absolute atomic E-state index is 0.530. The largest absolute Gasteiger partial charge is 0.458 e. The van der Waals surface area contributed by atoms with Gasteiger partial charge in [0.15, 0.2) is 0 Å². The number of aryl methyl sites for hydroxylation is 1. The van der Waals surface area contributed by atoms with E-state index in [-0.39, 0.29) is 0 Å². The number of rotatable bonds is 2. The van der Waals surface area contributed by atoms with Gasteiger partial charge >= 0.3 is 0 Å². The topological polar surface area (TPSA) is 33.4 Å². The van der Waals surface area contributed by atoms with Crippen molar-refractivity contribution in [2.24, 2.45) is 0 Å². The lowest BCUT2D eigenvalue weighted by atomic mass is 10.1. The second-order valence-electron chi connectivity index (χ2n) is 4.77. The Morgan fingerprint density at radius 3 is 2.70 bits per heavy atom. The summed E-state index contributed by atoms with van der Waals surface area (Å²) in [5.74, 6) is 0.530. The van der Waals surface area contributed by atoms with Crippen molar-refractivity contribution in [1.82, 2.24) is 0 Å². The maximum Gasteiger partial charge on any atom is 0.138 e. The van der Waals surface area contributed by atoms with E-state index >= 15 is 0 Å². The van der Waals surface area contributed by atoms with Crippen LogP contribution in [0.15, 0.2) is 46.9 Å².